The Labute approximate surface area is 175 Å². The molecule has 2 rings (SSSR count). The summed E-state index contributed by atoms with van der Waals surface area (Å²) < 4.78 is 22.9. The Balaban J connectivity index is 2.05. The first-order valence-corrected chi connectivity index (χ1v) is 9.98. The summed E-state index contributed by atoms with van der Waals surface area (Å²) in [5, 5.41) is 4.30. The number of methoxy groups -OCH3 is 2. The molecule has 2 aromatic carbocycles. The van der Waals surface area contributed by atoms with Crippen molar-refractivity contribution in [3.63, 3.8) is 0 Å². The van der Waals surface area contributed by atoms with Gasteiger partial charge in [-0.05, 0) is 64.7 Å². The largest absolute Gasteiger partial charge is 0.493 e. The van der Waals surface area contributed by atoms with Crippen molar-refractivity contribution in [3.05, 3.63) is 45.9 Å². The molecule has 2 aromatic rings. The van der Waals surface area contributed by atoms with Crippen LogP contribution in [0.2, 0.25) is 0 Å². The van der Waals surface area contributed by atoms with Crippen molar-refractivity contribution in [2.45, 2.75) is 26.8 Å². The number of hydrazone groups is 1. The van der Waals surface area contributed by atoms with E-state index in [-0.39, 0.29) is 0 Å². The van der Waals surface area contributed by atoms with Crippen LogP contribution in [0.1, 0.15) is 31.4 Å². The molecule has 28 heavy (non-hydrogen) atoms. The van der Waals surface area contributed by atoms with E-state index in [1.165, 1.54) is 0 Å². The lowest BCUT2D eigenvalue weighted by atomic mass is 10.2. The van der Waals surface area contributed by atoms with E-state index < -0.39 is 0 Å². The quantitative estimate of drug-likeness (QED) is 0.394. The van der Waals surface area contributed by atoms with Crippen LogP contribution in [-0.2, 0) is 6.54 Å². The van der Waals surface area contributed by atoms with Gasteiger partial charge in [-0.3, -0.25) is 0 Å². The minimum atomic E-state index is 0.563. The summed E-state index contributed by atoms with van der Waals surface area (Å²) in [6, 6.07) is 9.63. The zero-order valence-corrected chi connectivity index (χ0v) is 18.3. The van der Waals surface area contributed by atoms with Gasteiger partial charge in [0.05, 0.1) is 44.7 Å². The summed E-state index contributed by atoms with van der Waals surface area (Å²) in [4.78, 5) is 0. The molecule has 0 spiro atoms. The Morgan fingerprint density at radius 1 is 1.00 bits per heavy atom. The molecule has 0 aromatic heterocycles. The number of nitrogens with one attached hydrogen (secondary N) is 1. The second kappa shape index (κ2) is 11.4. The zero-order valence-electron chi connectivity index (χ0n) is 16.8. The van der Waals surface area contributed by atoms with Crippen molar-refractivity contribution in [1.29, 1.82) is 0 Å². The second-order valence-electron chi connectivity index (χ2n) is 5.89. The van der Waals surface area contributed by atoms with Crippen molar-refractivity contribution >= 4 is 22.1 Å². The maximum Gasteiger partial charge on any atom is 0.175 e. The van der Waals surface area contributed by atoms with Crippen LogP contribution in [0.25, 0.3) is 0 Å². The number of benzene rings is 2. The van der Waals surface area contributed by atoms with Crippen LogP contribution in [0.15, 0.2) is 39.9 Å². The fraction of sp³-hybridized carbons (Fsp3) is 0.381. The minimum absolute atomic E-state index is 0.563. The average molecular weight is 451 g/mol. The summed E-state index contributed by atoms with van der Waals surface area (Å²) >= 11 is 3.56. The third kappa shape index (κ3) is 6.05. The highest BCUT2D eigenvalue weighted by atomic mass is 79.9. The molecule has 0 heterocycles. The lowest BCUT2D eigenvalue weighted by Gasteiger charge is -2.14. The summed E-state index contributed by atoms with van der Waals surface area (Å²) in [6.45, 7) is 5.78. The van der Waals surface area contributed by atoms with Crippen LogP contribution in [0, 0.1) is 0 Å². The van der Waals surface area contributed by atoms with E-state index in [0.29, 0.717) is 37.0 Å². The summed E-state index contributed by atoms with van der Waals surface area (Å²) in [6.07, 6.45) is 2.68. The van der Waals surface area contributed by atoms with E-state index in [2.05, 4.69) is 33.4 Å². The molecule has 0 bridgehead atoms. The molecule has 6 nitrogen and oxygen atoms in total. The van der Waals surface area contributed by atoms with Crippen molar-refractivity contribution in [1.82, 2.24) is 5.43 Å². The van der Waals surface area contributed by atoms with Gasteiger partial charge < -0.3 is 24.4 Å². The van der Waals surface area contributed by atoms with Crippen LogP contribution >= 0.6 is 15.9 Å². The molecule has 0 radical (unpaired) electrons. The Bertz CT molecular complexity index is 796. The highest BCUT2D eigenvalue weighted by Crippen LogP contribution is 2.36. The Morgan fingerprint density at radius 3 is 2.46 bits per heavy atom. The third-order valence-corrected chi connectivity index (χ3v) is 4.41. The summed E-state index contributed by atoms with van der Waals surface area (Å²) in [5.74, 6) is 2.82. The molecule has 7 heteroatoms. The van der Waals surface area contributed by atoms with Gasteiger partial charge >= 0.3 is 0 Å². The maximum atomic E-state index is 5.79. The van der Waals surface area contributed by atoms with Gasteiger partial charge in [-0.25, -0.2) is 0 Å². The highest BCUT2D eigenvalue weighted by molar-refractivity contribution is 9.10. The van der Waals surface area contributed by atoms with Crippen molar-refractivity contribution in [2.24, 2.45) is 5.10 Å². The predicted molar refractivity (Wildman–Crippen MR) is 115 cm³/mol. The molecule has 0 aliphatic rings. The molecule has 152 valence electrons. The van der Waals surface area contributed by atoms with Gasteiger partial charge in [0, 0.05) is 0 Å². The van der Waals surface area contributed by atoms with E-state index in [1.807, 2.05) is 37.3 Å². The van der Waals surface area contributed by atoms with Gasteiger partial charge in [-0.15, -0.1) is 0 Å². The number of rotatable bonds is 11. The second-order valence-corrected chi connectivity index (χ2v) is 6.75. The molecule has 1 N–H and O–H groups in total. The first-order valence-electron chi connectivity index (χ1n) is 9.18. The van der Waals surface area contributed by atoms with E-state index in [9.17, 15) is 0 Å². The van der Waals surface area contributed by atoms with Gasteiger partial charge in [0.15, 0.2) is 23.0 Å². The number of hydrogen-bond acceptors (Lipinski definition) is 6. The Hall–Kier alpha value is -2.41. The lowest BCUT2D eigenvalue weighted by molar-refractivity contribution is 0.275. The van der Waals surface area contributed by atoms with Crippen molar-refractivity contribution in [2.75, 3.05) is 27.4 Å². The van der Waals surface area contributed by atoms with Crippen molar-refractivity contribution < 1.29 is 18.9 Å². The summed E-state index contributed by atoms with van der Waals surface area (Å²) in [7, 11) is 3.24. The van der Waals surface area contributed by atoms with Gasteiger partial charge in [0.2, 0.25) is 0 Å². The SMILES string of the molecule is CCCOc1c(Br)cc(/C=N\NCc2ccc(OC)c(OC)c2)cc1OCC. The van der Waals surface area contributed by atoms with Crippen LogP contribution < -0.4 is 24.4 Å². The van der Waals surface area contributed by atoms with Crippen molar-refractivity contribution in [3.8, 4) is 23.0 Å². The van der Waals surface area contributed by atoms with Crippen LogP contribution in [-0.4, -0.2) is 33.6 Å². The molecule has 0 unspecified atom stereocenters. The molecule has 0 atom stereocenters. The fourth-order valence-corrected chi connectivity index (χ4v) is 3.09. The fourth-order valence-electron chi connectivity index (χ4n) is 2.52. The summed E-state index contributed by atoms with van der Waals surface area (Å²) in [5.41, 5.74) is 4.98. The third-order valence-electron chi connectivity index (χ3n) is 3.82. The predicted octanol–water partition coefficient (Wildman–Crippen LogP) is 4.78. The smallest absolute Gasteiger partial charge is 0.175 e. The Morgan fingerprint density at radius 2 is 1.79 bits per heavy atom. The van der Waals surface area contributed by atoms with Crippen LogP contribution in [0.4, 0.5) is 0 Å². The molecule has 0 aliphatic heterocycles. The standard InChI is InChI=1S/C21H27BrN2O4/c1-5-9-28-21-17(22)10-16(12-20(21)27-6-2)14-24-23-13-15-7-8-18(25-3)19(11-15)26-4/h7-8,10-12,14,23H,5-6,9,13H2,1-4H3/b24-14-. The number of nitrogens with zero attached hydrogens (tertiary/aromatic N) is 1. The molecule has 0 saturated carbocycles. The lowest BCUT2D eigenvalue weighted by Crippen LogP contribution is -2.06. The maximum absolute atomic E-state index is 5.79. The first-order chi connectivity index (χ1) is 13.6. The molecular weight excluding hydrogens is 424 g/mol. The normalized spacial score (nSPS) is 10.8. The zero-order chi connectivity index (χ0) is 20.4. The van der Waals surface area contributed by atoms with Gasteiger partial charge in [0.1, 0.15) is 0 Å². The number of halogens is 1. The molecule has 0 saturated heterocycles. The molecular formula is C21H27BrN2O4. The van der Waals surface area contributed by atoms with Crippen LogP contribution in [0.5, 0.6) is 23.0 Å². The van der Waals surface area contributed by atoms with Gasteiger partial charge in [-0.2, -0.15) is 5.10 Å². The van der Waals surface area contributed by atoms with Crippen LogP contribution in [0.3, 0.4) is 0 Å². The molecule has 0 fully saturated rings. The molecule has 0 aliphatic carbocycles. The monoisotopic (exact) mass is 450 g/mol. The topological polar surface area (TPSA) is 61.3 Å². The highest BCUT2D eigenvalue weighted by Gasteiger charge is 2.11. The number of ether oxygens (including phenoxy) is 4. The van der Waals surface area contributed by atoms with E-state index in [1.54, 1.807) is 20.4 Å². The van der Waals surface area contributed by atoms with E-state index >= 15 is 0 Å². The Kier molecular flexibility index (Phi) is 8.94. The number of hydrogen-bond donors (Lipinski definition) is 1. The van der Waals surface area contributed by atoms with E-state index in [4.69, 9.17) is 18.9 Å². The van der Waals surface area contributed by atoms with E-state index in [0.717, 1.165) is 27.8 Å². The first kappa shape index (κ1) is 21.9. The van der Waals surface area contributed by atoms with Gasteiger partial charge in [0.25, 0.3) is 0 Å². The molecule has 0 amide bonds. The minimum Gasteiger partial charge on any atom is -0.493 e. The average Bonchev–Trinajstić information content (AvgIpc) is 2.70. The van der Waals surface area contributed by atoms with Gasteiger partial charge in [-0.1, -0.05) is 13.0 Å².